The molecule has 2 amide bonds. The molecule has 0 aliphatic carbocycles. The SMILES string of the molecule is COc1cccc(CCC(=O)Nc2cccc(N3CCN(C(C)=O)CC3)c2)c1. The zero-order valence-corrected chi connectivity index (χ0v) is 16.5. The number of nitrogens with one attached hydrogen (secondary N) is 1. The molecule has 0 saturated carbocycles. The van der Waals surface area contributed by atoms with Gasteiger partial charge in [-0.15, -0.1) is 0 Å². The minimum absolute atomic E-state index is 0.0126. The Kier molecular flexibility index (Phi) is 6.53. The zero-order valence-electron chi connectivity index (χ0n) is 16.5. The number of piperazine rings is 1. The first kappa shape index (κ1) is 19.7. The standard InChI is InChI=1S/C22H27N3O3/c1-17(26)24-11-13-25(14-12-24)20-7-4-6-19(16-20)23-22(27)10-9-18-5-3-8-21(15-18)28-2/h3-8,15-16H,9-14H2,1-2H3,(H,23,27). The highest BCUT2D eigenvalue weighted by atomic mass is 16.5. The van der Waals surface area contributed by atoms with Gasteiger partial charge >= 0.3 is 0 Å². The number of aryl methyl sites for hydroxylation is 1. The van der Waals surface area contributed by atoms with Crippen molar-refractivity contribution in [2.45, 2.75) is 19.8 Å². The zero-order chi connectivity index (χ0) is 19.9. The predicted octanol–water partition coefficient (Wildman–Crippen LogP) is 2.94. The van der Waals surface area contributed by atoms with E-state index < -0.39 is 0 Å². The first-order chi connectivity index (χ1) is 13.5. The monoisotopic (exact) mass is 381 g/mol. The molecular formula is C22H27N3O3. The van der Waals surface area contributed by atoms with Crippen LogP contribution in [0.3, 0.4) is 0 Å². The van der Waals surface area contributed by atoms with Crippen molar-refractivity contribution >= 4 is 23.2 Å². The molecule has 1 saturated heterocycles. The minimum Gasteiger partial charge on any atom is -0.497 e. The number of methoxy groups -OCH3 is 1. The Morgan fingerprint density at radius 3 is 2.50 bits per heavy atom. The van der Waals surface area contributed by atoms with E-state index in [4.69, 9.17) is 4.74 Å². The lowest BCUT2D eigenvalue weighted by atomic mass is 10.1. The molecular weight excluding hydrogens is 354 g/mol. The lowest BCUT2D eigenvalue weighted by molar-refractivity contribution is -0.129. The van der Waals surface area contributed by atoms with E-state index in [0.29, 0.717) is 12.8 Å². The van der Waals surface area contributed by atoms with Crippen LogP contribution in [-0.4, -0.2) is 50.0 Å². The number of hydrogen-bond acceptors (Lipinski definition) is 4. The molecule has 0 bridgehead atoms. The fourth-order valence-electron chi connectivity index (χ4n) is 3.37. The Hall–Kier alpha value is -3.02. The molecule has 1 aliphatic heterocycles. The van der Waals surface area contributed by atoms with Crippen LogP contribution in [0.1, 0.15) is 18.9 Å². The Morgan fingerprint density at radius 2 is 1.79 bits per heavy atom. The van der Waals surface area contributed by atoms with Crippen LogP contribution in [0.4, 0.5) is 11.4 Å². The quantitative estimate of drug-likeness (QED) is 0.836. The van der Waals surface area contributed by atoms with Crippen LogP contribution in [-0.2, 0) is 16.0 Å². The van der Waals surface area contributed by atoms with Gasteiger partial charge in [0.2, 0.25) is 11.8 Å². The Morgan fingerprint density at radius 1 is 1.04 bits per heavy atom. The number of rotatable bonds is 6. The van der Waals surface area contributed by atoms with Gasteiger partial charge in [-0.1, -0.05) is 18.2 Å². The molecule has 1 N–H and O–H groups in total. The number of benzene rings is 2. The lowest BCUT2D eigenvalue weighted by Crippen LogP contribution is -2.48. The van der Waals surface area contributed by atoms with Crippen molar-refractivity contribution in [2.24, 2.45) is 0 Å². The summed E-state index contributed by atoms with van der Waals surface area (Å²) in [6.45, 7) is 4.66. The number of carbonyl (C=O) groups is 2. The van der Waals surface area contributed by atoms with Gasteiger partial charge in [0.05, 0.1) is 7.11 Å². The maximum Gasteiger partial charge on any atom is 0.224 e. The van der Waals surface area contributed by atoms with Crippen LogP contribution < -0.4 is 15.0 Å². The molecule has 0 aromatic heterocycles. The van der Waals surface area contributed by atoms with Crippen LogP contribution in [0.15, 0.2) is 48.5 Å². The Labute approximate surface area is 166 Å². The second-order valence-electron chi connectivity index (χ2n) is 6.94. The molecule has 148 valence electrons. The van der Waals surface area contributed by atoms with Gasteiger partial charge in [-0.2, -0.15) is 0 Å². The fraction of sp³-hybridized carbons (Fsp3) is 0.364. The van der Waals surface area contributed by atoms with E-state index in [9.17, 15) is 9.59 Å². The van der Waals surface area contributed by atoms with E-state index in [1.165, 1.54) is 0 Å². The average Bonchev–Trinajstić information content (AvgIpc) is 2.72. The predicted molar refractivity (Wildman–Crippen MR) is 111 cm³/mol. The third-order valence-electron chi connectivity index (χ3n) is 4.99. The third kappa shape index (κ3) is 5.25. The van der Waals surface area contributed by atoms with Crippen LogP contribution in [0.25, 0.3) is 0 Å². The highest BCUT2D eigenvalue weighted by Gasteiger charge is 2.19. The molecule has 2 aromatic rings. The van der Waals surface area contributed by atoms with Gasteiger partial charge in [-0.05, 0) is 42.3 Å². The van der Waals surface area contributed by atoms with E-state index in [0.717, 1.165) is 48.9 Å². The van der Waals surface area contributed by atoms with Gasteiger partial charge < -0.3 is 19.9 Å². The third-order valence-corrected chi connectivity index (χ3v) is 4.99. The summed E-state index contributed by atoms with van der Waals surface area (Å²) in [5, 5.41) is 2.99. The first-order valence-corrected chi connectivity index (χ1v) is 9.58. The molecule has 28 heavy (non-hydrogen) atoms. The van der Waals surface area contributed by atoms with Gasteiger partial charge in [0.15, 0.2) is 0 Å². The van der Waals surface area contributed by atoms with Crippen LogP contribution >= 0.6 is 0 Å². The highest BCUT2D eigenvalue weighted by molar-refractivity contribution is 5.91. The molecule has 0 spiro atoms. The van der Waals surface area contributed by atoms with Crippen LogP contribution in [0.5, 0.6) is 5.75 Å². The summed E-state index contributed by atoms with van der Waals surface area (Å²) in [7, 11) is 1.64. The van der Waals surface area contributed by atoms with Gasteiger partial charge in [0.1, 0.15) is 5.75 Å². The van der Waals surface area contributed by atoms with E-state index in [-0.39, 0.29) is 11.8 Å². The van der Waals surface area contributed by atoms with Crippen molar-refractivity contribution < 1.29 is 14.3 Å². The average molecular weight is 381 g/mol. The number of anilines is 2. The molecule has 6 heteroatoms. The topological polar surface area (TPSA) is 61.9 Å². The second-order valence-corrected chi connectivity index (χ2v) is 6.94. The number of hydrogen-bond donors (Lipinski definition) is 1. The van der Waals surface area contributed by atoms with Crippen molar-refractivity contribution in [3.05, 3.63) is 54.1 Å². The highest BCUT2D eigenvalue weighted by Crippen LogP contribution is 2.21. The Balaban J connectivity index is 1.54. The van der Waals surface area contributed by atoms with Crippen LogP contribution in [0.2, 0.25) is 0 Å². The lowest BCUT2D eigenvalue weighted by Gasteiger charge is -2.35. The van der Waals surface area contributed by atoms with Crippen molar-refractivity contribution in [1.82, 2.24) is 4.90 Å². The van der Waals surface area contributed by atoms with Gasteiger partial charge in [-0.25, -0.2) is 0 Å². The molecule has 2 aromatic carbocycles. The summed E-state index contributed by atoms with van der Waals surface area (Å²) >= 11 is 0. The van der Waals surface area contributed by atoms with Crippen LogP contribution in [0, 0.1) is 0 Å². The molecule has 1 heterocycles. The summed E-state index contributed by atoms with van der Waals surface area (Å²) in [6, 6.07) is 15.7. The maximum atomic E-state index is 12.3. The van der Waals surface area contributed by atoms with Gasteiger partial charge in [0, 0.05) is 50.9 Å². The maximum absolute atomic E-state index is 12.3. The first-order valence-electron chi connectivity index (χ1n) is 9.58. The number of nitrogens with zero attached hydrogens (tertiary/aromatic N) is 2. The normalized spacial score (nSPS) is 13.9. The molecule has 0 unspecified atom stereocenters. The van der Waals surface area contributed by atoms with Crippen molar-refractivity contribution in [3.8, 4) is 5.75 Å². The number of amides is 2. The number of carbonyl (C=O) groups excluding carboxylic acids is 2. The second kappa shape index (κ2) is 9.26. The van der Waals surface area contributed by atoms with E-state index in [1.807, 2.05) is 53.4 Å². The van der Waals surface area contributed by atoms with E-state index in [2.05, 4.69) is 10.2 Å². The van der Waals surface area contributed by atoms with Crippen molar-refractivity contribution in [3.63, 3.8) is 0 Å². The fourth-order valence-corrected chi connectivity index (χ4v) is 3.37. The summed E-state index contributed by atoms with van der Waals surface area (Å²) in [4.78, 5) is 27.9. The Bertz CT molecular complexity index is 829. The molecule has 0 atom stereocenters. The van der Waals surface area contributed by atoms with Crippen molar-refractivity contribution in [2.75, 3.05) is 43.5 Å². The smallest absolute Gasteiger partial charge is 0.224 e. The summed E-state index contributed by atoms with van der Waals surface area (Å²) in [6.07, 6.45) is 1.07. The summed E-state index contributed by atoms with van der Waals surface area (Å²) < 4.78 is 5.22. The van der Waals surface area contributed by atoms with Crippen molar-refractivity contribution in [1.29, 1.82) is 0 Å². The minimum atomic E-state index is -0.0126. The van der Waals surface area contributed by atoms with Gasteiger partial charge in [-0.3, -0.25) is 9.59 Å². The molecule has 1 aliphatic rings. The summed E-state index contributed by atoms with van der Waals surface area (Å²) in [5.41, 5.74) is 2.93. The molecule has 6 nitrogen and oxygen atoms in total. The van der Waals surface area contributed by atoms with E-state index in [1.54, 1.807) is 14.0 Å². The molecule has 0 radical (unpaired) electrons. The summed E-state index contributed by atoms with van der Waals surface area (Å²) in [5.74, 6) is 0.911. The molecule has 3 rings (SSSR count). The number of ether oxygens (including phenoxy) is 1. The molecule has 1 fully saturated rings. The van der Waals surface area contributed by atoms with Gasteiger partial charge in [0.25, 0.3) is 0 Å². The largest absolute Gasteiger partial charge is 0.497 e. The van der Waals surface area contributed by atoms with E-state index >= 15 is 0 Å².